The summed E-state index contributed by atoms with van der Waals surface area (Å²) in [5.74, 6) is 1.71. The first kappa shape index (κ1) is 6.16. The second-order valence-corrected chi connectivity index (χ2v) is 2.68. The van der Waals surface area contributed by atoms with E-state index in [1.165, 1.54) is 0 Å². The summed E-state index contributed by atoms with van der Waals surface area (Å²) in [6.07, 6.45) is 6.16. The van der Waals surface area contributed by atoms with E-state index >= 15 is 0 Å². The summed E-state index contributed by atoms with van der Waals surface area (Å²) in [6.45, 7) is 0. The van der Waals surface area contributed by atoms with Gasteiger partial charge in [-0.2, -0.15) is 0 Å². The van der Waals surface area contributed by atoms with Crippen LogP contribution in [0.1, 0.15) is 12.8 Å². The molecule has 0 spiro atoms. The molecular weight excluding hydrogens is 148 g/mol. The molecule has 0 unspecified atom stereocenters. The van der Waals surface area contributed by atoms with Crippen LogP contribution in [0.25, 0.3) is 0 Å². The van der Waals surface area contributed by atoms with Gasteiger partial charge in [0.25, 0.3) is 5.62 Å². The highest BCUT2D eigenvalue weighted by Crippen LogP contribution is 2.31. The molecular formula is C7H8O2S. The SMILES string of the molecule is SC1OC2=CCCC=C2O1. The predicted molar refractivity (Wildman–Crippen MR) is 40.3 cm³/mol. The Labute approximate surface area is 64.9 Å². The minimum absolute atomic E-state index is 0.393. The molecule has 0 N–H and O–H groups in total. The molecule has 0 aromatic carbocycles. The largest absolute Gasteiger partial charge is 0.442 e. The first-order chi connectivity index (χ1) is 4.86. The molecule has 0 saturated carbocycles. The zero-order chi connectivity index (χ0) is 6.97. The molecule has 3 heteroatoms. The summed E-state index contributed by atoms with van der Waals surface area (Å²) in [6, 6.07) is 0. The fraction of sp³-hybridized carbons (Fsp3) is 0.429. The van der Waals surface area contributed by atoms with Crippen LogP contribution in [0.4, 0.5) is 0 Å². The van der Waals surface area contributed by atoms with Gasteiger partial charge in [-0.1, -0.05) is 12.6 Å². The van der Waals surface area contributed by atoms with Gasteiger partial charge < -0.3 is 9.47 Å². The molecule has 1 aliphatic carbocycles. The Hall–Kier alpha value is -0.570. The number of thiol groups is 1. The van der Waals surface area contributed by atoms with E-state index in [-0.39, 0.29) is 0 Å². The summed E-state index contributed by atoms with van der Waals surface area (Å²) in [7, 11) is 0. The van der Waals surface area contributed by atoms with Crippen molar-refractivity contribution in [2.45, 2.75) is 18.5 Å². The number of hydrogen-bond acceptors (Lipinski definition) is 3. The molecule has 0 atom stereocenters. The third kappa shape index (κ3) is 0.904. The normalized spacial score (nSPS) is 24.1. The van der Waals surface area contributed by atoms with Gasteiger partial charge in [0.05, 0.1) is 0 Å². The van der Waals surface area contributed by atoms with Crippen LogP contribution >= 0.6 is 12.6 Å². The molecule has 1 saturated heterocycles. The first-order valence-electron chi connectivity index (χ1n) is 3.28. The highest BCUT2D eigenvalue weighted by Gasteiger charge is 2.24. The topological polar surface area (TPSA) is 18.5 Å². The molecule has 1 heterocycles. The maximum absolute atomic E-state index is 5.20. The van der Waals surface area contributed by atoms with Gasteiger partial charge in [0, 0.05) is 0 Å². The molecule has 1 fully saturated rings. The van der Waals surface area contributed by atoms with E-state index in [9.17, 15) is 0 Å². The third-order valence-corrected chi connectivity index (χ3v) is 1.74. The van der Waals surface area contributed by atoms with Crippen LogP contribution in [0, 0.1) is 0 Å². The van der Waals surface area contributed by atoms with Crippen molar-refractivity contribution in [3.8, 4) is 0 Å². The predicted octanol–water partition coefficient (Wildman–Crippen LogP) is 1.81. The Morgan fingerprint density at radius 1 is 1.20 bits per heavy atom. The lowest BCUT2D eigenvalue weighted by atomic mass is 10.1. The lowest BCUT2D eigenvalue weighted by molar-refractivity contribution is 0.0639. The fourth-order valence-corrected chi connectivity index (χ4v) is 1.31. The van der Waals surface area contributed by atoms with E-state index in [4.69, 9.17) is 9.47 Å². The van der Waals surface area contributed by atoms with Crippen molar-refractivity contribution >= 4 is 12.6 Å². The molecule has 0 radical (unpaired) electrons. The second-order valence-electron chi connectivity index (χ2n) is 2.26. The van der Waals surface area contributed by atoms with Crippen LogP contribution in [-0.2, 0) is 9.47 Å². The van der Waals surface area contributed by atoms with Gasteiger partial charge in [0.1, 0.15) is 0 Å². The Morgan fingerprint density at radius 2 is 1.70 bits per heavy atom. The molecule has 0 amide bonds. The van der Waals surface area contributed by atoms with Gasteiger partial charge in [0.15, 0.2) is 11.5 Å². The zero-order valence-electron chi connectivity index (χ0n) is 5.41. The monoisotopic (exact) mass is 156 g/mol. The van der Waals surface area contributed by atoms with Crippen LogP contribution in [0.15, 0.2) is 23.7 Å². The molecule has 1 aliphatic heterocycles. The van der Waals surface area contributed by atoms with E-state index in [2.05, 4.69) is 12.6 Å². The van der Waals surface area contributed by atoms with Gasteiger partial charge >= 0.3 is 0 Å². The number of rotatable bonds is 0. The minimum atomic E-state index is -0.393. The van der Waals surface area contributed by atoms with Crippen molar-refractivity contribution in [3.63, 3.8) is 0 Å². The van der Waals surface area contributed by atoms with Gasteiger partial charge in [0.2, 0.25) is 0 Å². The highest BCUT2D eigenvalue weighted by molar-refractivity contribution is 7.80. The van der Waals surface area contributed by atoms with E-state index in [1.54, 1.807) is 0 Å². The average molecular weight is 156 g/mol. The summed E-state index contributed by atoms with van der Waals surface area (Å²) < 4.78 is 10.4. The highest BCUT2D eigenvalue weighted by atomic mass is 32.1. The molecule has 0 aromatic heterocycles. The van der Waals surface area contributed by atoms with Gasteiger partial charge in [-0.3, -0.25) is 0 Å². The van der Waals surface area contributed by atoms with Crippen LogP contribution in [-0.4, -0.2) is 5.62 Å². The maximum Gasteiger partial charge on any atom is 0.288 e. The number of allylic oxidation sites excluding steroid dienone is 2. The van der Waals surface area contributed by atoms with E-state index < -0.39 is 5.62 Å². The maximum atomic E-state index is 5.20. The molecule has 10 heavy (non-hydrogen) atoms. The quantitative estimate of drug-likeness (QED) is 0.539. The lowest BCUT2D eigenvalue weighted by Crippen LogP contribution is -1.93. The molecule has 2 nitrogen and oxygen atoms in total. The van der Waals surface area contributed by atoms with Crippen LogP contribution < -0.4 is 0 Å². The lowest BCUT2D eigenvalue weighted by Gasteiger charge is -2.00. The molecule has 2 rings (SSSR count). The number of fused-ring (bicyclic) bond motifs is 1. The van der Waals surface area contributed by atoms with Crippen molar-refractivity contribution in [2.24, 2.45) is 0 Å². The van der Waals surface area contributed by atoms with Crippen LogP contribution in [0.2, 0.25) is 0 Å². The van der Waals surface area contributed by atoms with Crippen molar-refractivity contribution in [1.82, 2.24) is 0 Å². The summed E-state index contributed by atoms with van der Waals surface area (Å²) in [5, 5.41) is 0. The fourth-order valence-electron chi connectivity index (χ4n) is 1.08. The Morgan fingerprint density at radius 3 is 2.20 bits per heavy atom. The molecule has 0 bridgehead atoms. The molecule has 2 aliphatic rings. The molecule has 54 valence electrons. The van der Waals surface area contributed by atoms with Gasteiger partial charge in [-0.05, 0) is 25.0 Å². The summed E-state index contributed by atoms with van der Waals surface area (Å²) >= 11 is 4.02. The molecule has 0 aromatic rings. The average Bonchev–Trinajstić information content (AvgIpc) is 2.27. The van der Waals surface area contributed by atoms with Crippen LogP contribution in [0.3, 0.4) is 0 Å². The minimum Gasteiger partial charge on any atom is -0.442 e. The Balaban J connectivity index is 2.25. The van der Waals surface area contributed by atoms with E-state index in [0.717, 1.165) is 24.4 Å². The standard InChI is InChI=1S/C7H8O2S/c10-7-8-5-3-1-2-4-6(5)9-7/h3-4,7,10H,1-2H2. The van der Waals surface area contributed by atoms with E-state index in [0.29, 0.717) is 0 Å². The van der Waals surface area contributed by atoms with Crippen molar-refractivity contribution in [2.75, 3.05) is 0 Å². The number of ether oxygens (including phenoxy) is 2. The Kier molecular flexibility index (Phi) is 1.38. The number of hydrogen-bond donors (Lipinski definition) is 1. The second kappa shape index (κ2) is 2.23. The summed E-state index contributed by atoms with van der Waals surface area (Å²) in [5.41, 5.74) is -0.393. The first-order valence-corrected chi connectivity index (χ1v) is 3.80. The van der Waals surface area contributed by atoms with Crippen molar-refractivity contribution < 1.29 is 9.47 Å². The Bertz CT molecular complexity index is 186. The smallest absolute Gasteiger partial charge is 0.288 e. The van der Waals surface area contributed by atoms with Crippen molar-refractivity contribution in [1.29, 1.82) is 0 Å². The third-order valence-electron chi connectivity index (χ3n) is 1.52. The summed E-state index contributed by atoms with van der Waals surface area (Å²) in [4.78, 5) is 0. The zero-order valence-corrected chi connectivity index (χ0v) is 6.30. The van der Waals surface area contributed by atoms with Gasteiger partial charge in [-0.15, -0.1) is 0 Å². The van der Waals surface area contributed by atoms with Crippen LogP contribution in [0.5, 0.6) is 0 Å². The van der Waals surface area contributed by atoms with Gasteiger partial charge in [-0.25, -0.2) is 0 Å². The van der Waals surface area contributed by atoms with Crippen molar-refractivity contribution in [3.05, 3.63) is 23.7 Å². The van der Waals surface area contributed by atoms with E-state index in [1.807, 2.05) is 12.2 Å².